The summed E-state index contributed by atoms with van der Waals surface area (Å²) in [7, 11) is 11.1. The molecule has 5 rings (SSSR count). The van der Waals surface area contributed by atoms with E-state index < -0.39 is 125 Å². The van der Waals surface area contributed by atoms with Crippen molar-refractivity contribution in [1.82, 2.24) is 56.0 Å². The number of hydrogen-bond donors (Lipinski definition) is 8. The van der Waals surface area contributed by atoms with E-state index in [1.165, 1.54) is 59.7 Å². The van der Waals surface area contributed by atoms with E-state index in [1.54, 1.807) is 77.1 Å². The highest BCUT2D eigenvalue weighted by molar-refractivity contribution is 8.00. The fourth-order valence-electron chi connectivity index (χ4n) is 14.4. The summed E-state index contributed by atoms with van der Waals surface area (Å²) in [5.41, 5.74) is 8.01. The average Bonchev–Trinajstić information content (AvgIpc) is 1.66. The Labute approximate surface area is 669 Å². The maximum atomic E-state index is 15.0. The summed E-state index contributed by atoms with van der Waals surface area (Å²) < 4.78 is 23.8. The lowest BCUT2D eigenvalue weighted by Crippen LogP contribution is -2.58. The number of carbonyl (C=O) groups excluding carboxylic acids is 13. The van der Waals surface area contributed by atoms with Crippen LogP contribution >= 0.6 is 11.8 Å². The molecule has 2 heterocycles. The molecule has 2 aromatic carbocycles. The fourth-order valence-corrected chi connectivity index (χ4v) is 15.8. The summed E-state index contributed by atoms with van der Waals surface area (Å²) in [6, 6.07) is 5.91. The minimum Gasteiger partial charge on any atom is -0.481 e. The molecule has 0 bridgehead atoms. The van der Waals surface area contributed by atoms with Gasteiger partial charge in [-0.1, -0.05) is 104 Å². The van der Waals surface area contributed by atoms with E-state index in [4.69, 9.17) is 24.7 Å². The third-order valence-electron chi connectivity index (χ3n) is 21.2. The number of imide groups is 1. The molecule has 3 fully saturated rings. The Kier molecular flexibility index (Phi) is 37.9. The van der Waals surface area contributed by atoms with Crippen molar-refractivity contribution in [2.45, 2.75) is 226 Å². The number of anilines is 1. The molecule has 630 valence electrons. The van der Waals surface area contributed by atoms with Gasteiger partial charge in [0, 0.05) is 97.8 Å². The van der Waals surface area contributed by atoms with Crippen molar-refractivity contribution >= 4 is 101 Å². The first-order chi connectivity index (χ1) is 53.3. The van der Waals surface area contributed by atoms with Crippen molar-refractivity contribution in [2.75, 3.05) is 99.8 Å². The number of ketones is 1. The summed E-state index contributed by atoms with van der Waals surface area (Å²) in [5.74, 6) is -6.22. The Morgan fingerprint density at radius 2 is 1.39 bits per heavy atom. The number of thioether (sulfide) groups is 1. The Morgan fingerprint density at radius 1 is 0.735 bits per heavy atom. The minimum atomic E-state index is -1.14. The summed E-state index contributed by atoms with van der Waals surface area (Å²) in [6.07, 6.45) is -0.121. The standard InChI is InChI=1S/C80H125N13O19S/c1-18-23-58(91(15)76(105)68(48(4)5)87-74(103)69(49(6)7)88(11)12)61(109-16)40-64(96)93-44-55(39-59(93)70(110-17)52(10)71(100)83-43-60(94)56-31-26-50(8)38-51(56)9)112-79(108)90(14)37-36-89(13)78(107)111-45-53-27-29-54(30-28-53)84-72(101)57(24-22-34-82-77(81)106)85-73(102)67(47(2)3)86-63(95)25-20-19-21-35-92-65(97)41-62(75(92)104)113-46-80(32-33-80)42-66(98)99/h26-31,38,47-49,52,55,57-59,61-62,67-70H,18-25,32-37,39-46H2,1-17H3,(H,83,100)(H,84,101)(H,85,102)(H,86,95)(H,87,103)(H,98,99)(H3,81,82,106)/t52-,55+,57+,58+,59+,61-,62?,67+,68+,69+,70-/m1/s1. The summed E-state index contributed by atoms with van der Waals surface area (Å²) in [5, 5.41) is 25.3. The topological polar surface area (TPSA) is 414 Å². The number of likely N-dealkylation sites (tertiary alicyclic amines) is 2. The molecule has 0 aromatic heterocycles. The number of nitrogens with zero attached hydrogens (tertiary/aromatic N) is 6. The number of urea groups is 1. The molecular formula is C80H125N13O19S. The Hall–Kier alpha value is -8.95. The number of rotatable bonds is 47. The Bertz CT molecular complexity index is 3610. The molecule has 33 heteroatoms. The van der Waals surface area contributed by atoms with Gasteiger partial charge >= 0.3 is 24.2 Å². The summed E-state index contributed by atoms with van der Waals surface area (Å²) in [6.45, 7) is 18.0. The normalized spacial score (nSPS) is 17.9. The number of carboxylic acids is 1. The van der Waals surface area contributed by atoms with Crippen LogP contribution < -0.4 is 37.6 Å². The van der Waals surface area contributed by atoms with Crippen molar-refractivity contribution in [3.63, 3.8) is 0 Å². The number of aliphatic carboxylic acids is 1. The van der Waals surface area contributed by atoms with Crippen LogP contribution in [-0.2, 0) is 73.5 Å². The number of hydrogen-bond acceptors (Lipinski definition) is 20. The number of nitrogens with two attached hydrogens (primary N) is 1. The van der Waals surface area contributed by atoms with Crippen molar-refractivity contribution < 1.29 is 91.2 Å². The second-order valence-corrected chi connectivity index (χ2v) is 32.8. The molecule has 1 aliphatic carbocycles. The number of carbonyl (C=O) groups is 14. The van der Waals surface area contributed by atoms with Crippen LogP contribution in [0.25, 0.3) is 0 Å². The lowest BCUT2D eigenvalue weighted by molar-refractivity contribution is -0.146. The van der Waals surface area contributed by atoms with Gasteiger partial charge in [-0.25, -0.2) is 14.4 Å². The number of amides is 13. The average molecular weight is 1610 g/mol. The highest BCUT2D eigenvalue weighted by Gasteiger charge is 2.49. The minimum absolute atomic E-state index is 0.0104. The van der Waals surface area contributed by atoms with Crippen molar-refractivity contribution in [3.8, 4) is 0 Å². The van der Waals surface area contributed by atoms with Crippen molar-refractivity contribution in [2.24, 2.45) is 34.8 Å². The first kappa shape index (κ1) is 94.6. The molecule has 2 aromatic rings. The number of Topliss-reactive ketones (excluding diaryl/α,β-unsaturated/α-hetero) is 1. The van der Waals surface area contributed by atoms with Crippen LogP contribution in [0.15, 0.2) is 42.5 Å². The molecule has 2 aliphatic heterocycles. The number of carboxylic acid groups (broad SMARTS) is 1. The number of benzene rings is 2. The number of aryl methyl sites for hydroxylation is 2. The molecule has 3 aliphatic rings. The quantitative estimate of drug-likeness (QED) is 0.0214. The zero-order valence-corrected chi connectivity index (χ0v) is 70.0. The SMILES string of the molecule is CCC[C@@H]([C@@H](CC(=O)N1C[C@@H](OC(=O)N(C)CCN(C)C(=O)OCc2ccc(NC(=O)[C@H](CCCNC(N)=O)NC(=O)[C@@H](NC(=O)CCCCCN3C(=O)CC(SCC4(CC(=O)O)CC4)C3=O)C(C)C)cc2)C[C@H]1[C@H](OC)[C@@H](C)C(=O)NCC(=O)c1ccc(C)cc1C)OC)N(C)C(=O)[C@@H](NC(=O)[C@H](C(C)C)N(C)C)C(C)C. The number of unbranched alkanes of at least 4 members (excludes halogenated alkanes) is 2. The molecule has 1 unspecified atom stereocenters. The number of methoxy groups -OCH3 is 2. The number of ether oxygens (including phenoxy) is 4. The summed E-state index contributed by atoms with van der Waals surface area (Å²) in [4.78, 5) is 196. The predicted molar refractivity (Wildman–Crippen MR) is 426 cm³/mol. The van der Waals surface area contributed by atoms with Gasteiger partial charge in [-0.05, 0) is 119 Å². The van der Waals surface area contributed by atoms with Crippen LogP contribution in [0.5, 0.6) is 0 Å². The Balaban J connectivity index is 1.17. The highest BCUT2D eigenvalue weighted by Crippen LogP contribution is 2.52. The molecule has 0 radical (unpaired) electrons. The third kappa shape index (κ3) is 28.8. The van der Waals surface area contributed by atoms with Gasteiger partial charge in [0.2, 0.25) is 53.2 Å². The molecular weight excluding hydrogens is 1480 g/mol. The molecule has 9 N–H and O–H groups in total. The molecule has 113 heavy (non-hydrogen) atoms. The smallest absolute Gasteiger partial charge is 0.409 e. The van der Waals surface area contributed by atoms with E-state index in [0.717, 1.165) is 24.0 Å². The first-order valence-corrected chi connectivity index (χ1v) is 40.3. The van der Waals surface area contributed by atoms with Crippen LogP contribution in [0.3, 0.4) is 0 Å². The van der Waals surface area contributed by atoms with Gasteiger partial charge in [0.1, 0.15) is 30.8 Å². The third-order valence-corrected chi connectivity index (χ3v) is 22.7. The molecule has 13 amide bonds. The van der Waals surface area contributed by atoms with E-state index in [9.17, 15) is 67.4 Å². The van der Waals surface area contributed by atoms with Crippen molar-refractivity contribution in [3.05, 3.63) is 64.7 Å². The van der Waals surface area contributed by atoms with E-state index in [1.807, 2.05) is 65.5 Å². The largest absolute Gasteiger partial charge is 0.481 e. The van der Waals surface area contributed by atoms with Gasteiger partial charge in [0.15, 0.2) is 5.78 Å². The second kappa shape index (κ2) is 45.2. The van der Waals surface area contributed by atoms with E-state index in [0.29, 0.717) is 54.7 Å². The second-order valence-electron chi connectivity index (χ2n) is 31.6. The van der Waals surface area contributed by atoms with Gasteiger partial charge in [0.05, 0.1) is 67.4 Å². The van der Waals surface area contributed by atoms with Gasteiger partial charge < -0.3 is 81.3 Å². The fraction of sp³-hybridized carbons (Fsp3) is 0.675. The van der Waals surface area contributed by atoms with E-state index in [2.05, 4.69) is 31.9 Å². The lowest BCUT2D eigenvalue weighted by Gasteiger charge is -2.38. The van der Waals surface area contributed by atoms with Gasteiger partial charge in [-0.3, -0.25) is 62.5 Å². The maximum absolute atomic E-state index is 15.0. The maximum Gasteiger partial charge on any atom is 0.409 e. The van der Waals surface area contributed by atoms with Crippen LogP contribution in [0.1, 0.15) is 172 Å². The number of nitrogens with one attached hydrogen (secondary N) is 6. The van der Waals surface area contributed by atoms with Crippen LogP contribution in [0, 0.1) is 42.9 Å². The van der Waals surface area contributed by atoms with Crippen LogP contribution in [0.2, 0.25) is 0 Å². The molecule has 2 saturated heterocycles. The monoisotopic (exact) mass is 1600 g/mol. The van der Waals surface area contributed by atoms with E-state index >= 15 is 4.79 Å². The molecule has 0 spiro atoms. The summed E-state index contributed by atoms with van der Waals surface area (Å²) >= 11 is 1.34. The molecule has 1 saturated carbocycles. The van der Waals surface area contributed by atoms with Gasteiger partial charge in [-0.2, -0.15) is 0 Å². The predicted octanol–water partition coefficient (Wildman–Crippen LogP) is 6.01. The zero-order chi connectivity index (χ0) is 84.3. The van der Waals surface area contributed by atoms with Crippen molar-refractivity contribution in [1.29, 1.82) is 0 Å². The molecule has 11 atom stereocenters. The highest BCUT2D eigenvalue weighted by atomic mass is 32.2. The van der Waals surface area contributed by atoms with Gasteiger partial charge in [-0.15, -0.1) is 11.8 Å². The zero-order valence-electron chi connectivity index (χ0n) is 69.1. The van der Waals surface area contributed by atoms with Gasteiger partial charge in [0.25, 0.3) is 0 Å². The van der Waals surface area contributed by atoms with Crippen LogP contribution in [0.4, 0.5) is 20.1 Å². The first-order valence-electron chi connectivity index (χ1n) is 39.2. The number of likely N-dealkylation sites (N-methyl/N-ethyl adjacent to an activating group) is 4. The van der Waals surface area contributed by atoms with E-state index in [-0.39, 0.29) is 137 Å². The van der Waals surface area contributed by atoms with Crippen LogP contribution in [-0.4, -0.2) is 272 Å². The molecule has 32 nitrogen and oxygen atoms in total. The number of primary amides is 1. The lowest BCUT2D eigenvalue weighted by atomic mass is 9.93. The Morgan fingerprint density at radius 3 is 1.96 bits per heavy atom.